The number of nitrogen functional groups attached to an aromatic ring is 1. The summed E-state index contributed by atoms with van der Waals surface area (Å²) in [5.41, 5.74) is 7.92. The molecular weight excluding hydrogens is 212 g/mol. The molecule has 1 heterocycles. The number of nitrogens with one attached hydrogen (secondary N) is 1. The maximum Gasteiger partial charge on any atom is 0.229 e. The number of aromatic nitrogens is 2. The fourth-order valence-electron chi connectivity index (χ4n) is 1.68. The topological polar surface area (TPSA) is 63.8 Å². The largest absolute Gasteiger partial charge is 0.384 e. The van der Waals surface area contributed by atoms with E-state index >= 15 is 0 Å². The van der Waals surface area contributed by atoms with E-state index in [9.17, 15) is 0 Å². The lowest BCUT2D eigenvalue weighted by Gasteiger charge is -2.10. The number of para-hydroxylation sites is 1. The zero-order chi connectivity index (χ0) is 12.1. The van der Waals surface area contributed by atoms with Gasteiger partial charge in [0.1, 0.15) is 5.82 Å². The molecule has 0 spiro atoms. The van der Waals surface area contributed by atoms with E-state index in [0.29, 0.717) is 11.8 Å². The third-order valence-electron chi connectivity index (χ3n) is 2.46. The lowest BCUT2D eigenvalue weighted by atomic mass is 10.1. The van der Waals surface area contributed by atoms with Gasteiger partial charge in [-0.05, 0) is 24.1 Å². The van der Waals surface area contributed by atoms with Gasteiger partial charge < -0.3 is 11.1 Å². The Bertz CT molecular complexity index is 496. The van der Waals surface area contributed by atoms with Crippen LogP contribution in [0.15, 0.2) is 36.5 Å². The first-order valence-corrected chi connectivity index (χ1v) is 5.73. The quantitative estimate of drug-likeness (QED) is 0.844. The van der Waals surface area contributed by atoms with E-state index in [0.717, 1.165) is 18.5 Å². The number of nitrogens with two attached hydrogens (primary N) is 1. The number of hydrogen-bond acceptors (Lipinski definition) is 4. The maximum absolute atomic E-state index is 5.62. The molecule has 0 amide bonds. The zero-order valence-electron chi connectivity index (χ0n) is 9.85. The van der Waals surface area contributed by atoms with Crippen molar-refractivity contribution in [2.45, 2.75) is 19.8 Å². The molecule has 17 heavy (non-hydrogen) atoms. The van der Waals surface area contributed by atoms with Crippen LogP contribution in [0.25, 0.3) is 0 Å². The summed E-state index contributed by atoms with van der Waals surface area (Å²) < 4.78 is 0. The molecule has 0 radical (unpaired) electrons. The van der Waals surface area contributed by atoms with E-state index in [1.165, 1.54) is 5.56 Å². The first-order chi connectivity index (χ1) is 8.29. The molecule has 0 bridgehead atoms. The lowest BCUT2D eigenvalue weighted by molar-refractivity contribution is 0.923. The van der Waals surface area contributed by atoms with Gasteiger partial charge >= 0.3 is 0 Å². The molecule has 2 aromatic rings. The van der Waals surface area contributed by atoms with Crippen LogP contribution in [0.4, 0.5) is 17.5 Å². The number of anilines is 3. The van der Waals surface area contributed by atoms with Crippen molar-refractivity contribution in [3.05, 3.63) is 42.1 Å². The maximum atomic E-state index is 5.62. The Morgan fingerprint density at radius 2 is 2.06 bits per heavy atom. The number of nitrogens with zero attached hydrogens (tertiary/aromatic N) is 2. The van der Waals surface area contributed by atoms with Crippen LogP contribution in [0, 0.1) is 0 Å². The second kappa shape index (κ2) is 5.30. The first kappa shape index (κ1) is 11.4. The third kappa shape index (κ3) is 2.93. The van der Waals surface area contributed by atoms with Gasteiger partial charge in [-0.25, -0.2) is 4.98 Å². The normalized spacial score (nSPS) is 10.2. The predicted molar refractivity (Wildman–Crippen MR) is 70.2 cm³/mol. The van der Waals surface area contributed by atoms with Crippen LogP contribution in [0.1, 0.15) is 18.9 Å². The van der Waals surface area contributed by atoms with Crippen LogP contribution in [0.3, 0.4) is 0 Å². The monoisotopic (exact) mass is 228 g/mol. The third-order valence-corrected chi connectivity index (χ3v) is 2.46. The molecule has 1 aromatic heterocycles. The van der Waals surface area contributed by atoms with Gasteiger partial charge in [-0.15, -0.1) is 0 Å². The molecule has 0 aliphatic carbocycles. The Labute approximate surface area is 101 Å². The highest BCUT2D eigenvalue weighted by molar-refractivity contribution is 5.59. The number of rotatable bonds is 4. The molecule has 0 unspecified atom stereocenters. The van der Waals surface area contributed by atoms with E-state index in [-0.39, 0.29) is 0 Å². The van der Waals surface area contributed by atoms with Gasteiger partial charge in [0, 0.05) is 11.9 Å². The summed E-state index contributed by atoms with van der Waals surface area (Å²) in [5, 5.41) is 3.20. The van der Waals surface area contributed by atoms with Crippen molar-refractivity contribution in [2.75, 3.05) is 11.1 Å². The van der Waals surface area contributed by atoms with Crippen LogP contribution in [0.5, 0.6) is 0 Å². The van der Waals surface area contributed by atoms with Crippen LogP contribution < -0.4 is 11.1 Å². The second-order valence-electron chi connectivity index (χ2n) is 3.84. The fraction of sp³-hybridized carbons (Fsp3) is 0.231. The van der Waals surface area contributed by atoms with Crippen molar-refractivity contribution in [1.29, 1.82) is 0 Å². The molecule has 0 atom stereocenters. The molecule has 0 aliphatic heterocycles. The summed E-state index contributed by atoms with van der Waals surface area (Å²) in [6, 6.07) is 9.84. The van der Waals surface area contributed by atoms with Gasteiger partial charge in [-0.3, -0.25) is 0 Å². The van der Waals surface area contributed by atoms with Crippen molar-refractivity contribution in [3.63, 3.8) is 0 Å². The minimum absolute atomic E-state index is 0.468. The molecule has 2 rings (SSSR count). The van der Waals surface area contributed by atoms with Crippen LogP contribution in [-0.4, -0.2) is 9.97 Å². The van der Waals surface area contributed by atoms with E-state index in [1.807, 2.05) is 18.2 Å². The number of aryl methyl sites for hydroxylation is 1. The van der Waals surface area contributed by atoms with Gasteiger partial charge in [-0.2, -0.15) is 4.98 Å². The molecule has 0 saturated carbocycles. The summed E-state index contributed by atoms with van der Waals surface area (Å²) in [6.45, 7) is 2.16. The van der Waals surface area contributed by atoms with E-state index in [2.05, 4.69) is 28.3 Å². The molecule has 0 fully saturated rings. The average molecular weight is 228 g/mol. The SMILES string of the molecule is CCCc1ccccc1Nc1nccc(N)n1. The number of benzene rings is 1. The Hall–Kier alpha value is -2.10. The Balaban J connectivity index is 2.23. The highest BCUT2D eigenvalue weighted by Crippen LogP contribution is 2.20. The van der Waals surface area contributed by atoms with Crippen LogP contribution in [-0.2, 0) is 6.42 Å². The van der Waals surface area contributed by atoms with Gasteiger partial charge in [0.2, 0.25) is 5.95 Å². The average Bonchev–Trinajstić information content (AvgIpc) is 2.32. The van der Waals surface area contributed by atoms with Crippen molar-refractivity contribution < 1.29 is 0 Å². The van der Waals surface area contributed by atoms with Crippen LogP contribution >= 0.6 is 0 Å². The Morgan fingerprint density at radius 1 is 1.24 bits per heavy atom. The van der Waals surface area contributed by atoms with Crippen molar-refractivity contribution in [2.24, 2.45) is 0 Å². The Kier molecular flexibility index (Phi) is 3.55. The van der Waals surface area contributed by atoms with E-state index in [4.69, 9.17) is 5.73 Å². The molecular formula is C13H16N4. The molecule has 1 aromatic carbocycles. The summed E-state index contributed by atoms with van der Waals surface area (Å²) in [6.07, 6.45) is 3.79. The predicted octanol–water partition coefficient (Wildman–Crippen LogP) is 2.75. The minimum atomic E-state index is 0.468. The standard InChI is InChI=1S/C13H16N4/c1-2-5-10-6-3-4-7-11(10)16-13-15-9-8-12(14)17-13/h3-4,6-9H,2,5H2,1H3,(H3,14,15,16,17). The Morgan fingerprint density at radius 3 is 2.82 bits per heavy atom. The second-order valence-corrected chi connectivity index (χ2v) is 3.84. The molecule has 4 heteroatoms. The van der Waals surface area contributed by atoms with Crippen molar-refractivity contribution in [1.82, 2.24) is 9.97 Å². The lowest BCUT2D eigenvalue weighted by Crippen LogP contribution is -2.01. The molecule has 0 aliphatic rings. The summed E-state index contributed by atoms with van der Waals surface area (Å²) in [7, 11) is 0. The molecule has 4 nitrogen and oxygen atoms in total. The fourth-order valence-corrected chi connectivity index (χ4v) is 1.68. The van der Waals surface area contributed by atoms with E-state index < -0.39 is 0 Å². The number of hydrogen-bond donors (Lipinski definition) is 2. The van der Waals surface area contributed by atoms with Gasteiger partial charge in [0.25, 0.3) is 0 Å². The smallest absolute Gasteiger partial charge is 0.229 e. The van der Waals surface area contributed by atoms with Gasteiger partial charge in [0.15, 0.2) is 0 Å². The summed E-state index contributed by atoms with van der Waals surface area (Å²) in [4.78, 5) is 8.26. The highest BCUT2D eigenvalue weighted by atomic mass is 15.1. The molecule has 88 valence electrons. The molecule has 0 saturated heterocycles. The minimum Gasteiger partial charge on any atom is -0.384 e. The summed E-state index contributed by atoms with van der Waals surface area (Å²) >= 11 is 0. The van der Waals surface area contributed by atoms with E-state index in [1.54, 1.807) is 12.3 Å². The zero-order valence-corrected chi connectivity index (χ0v) is 9.85. The van der Waals surface area contributed by atoms with Gasteiger partial charge in [-0.1, -0.05) is 31.5 Å². The first-order valence-electron chi connectivity index (χ1n) is 5.73. The van der Waals surface area contributed by atoms with Crippen LogP contribution in [0.2, 0.25) is 0 Å². The summed E-state index contributed by atoms with van der Waals surface area (Å²) in [5.74, 6) is 1.00. The molecule has 3 N–H and O–H groups in total. The van der Waals surface area contributed by atoms with Gasteiger partial charge in [0.05, 0.1) is 0 Å². The highest BCUT2D eigenvalue weighted by Gasteiger charge is 2.02. The van der Waals surface area contributed by atoms with Crippen molar-refractivity contribution >= 4 is 17.5 Å². The van der Waals surface area contributed by atoms with Crippen molar-refractivity contribution in [3.8, 4) is 0 Å².